The van der Waals surface area contributed by atoms with Gasteiger partial charge in [-0.1, -0.05) is 29.8 Å². The second-order valence-electron chi connectivity index (χ2n) is 5.53. The molecule has 7 heteroatoms. The Morgan fingerprint density at radius 3 is 2.52 bits per heavy atom. The summed E-state index contributed by atoms with van der Waals surface area (Å²) in [4.78, 5) is 11.5. The molecule has 0 atom stereocenters. The molecule has 0 saturated heterocycles. The normalized spacial score (nSPS) is 10.7. The van der Waals surface area contributed by atoms with Crippen molar-refractivity contribution >= 4 is 11.8 Å². The third-order valence-electron chi connectivity index (χ3n) is 3.65. The van der Waals surface area contributed by atoms with Crippen molar-refractivity contribution < 1.29 is 28.3 Å². The van der Waals surface area contributed by atoms with Gasteiger partial charge in [-0.2, -0.15) is 5.06 Å². The number of alkyl halides is 2. The van der Waals surface area contributed by atoms with Crippen LogP contribution in [0.15, 0.2) is 36.4 Å². The van der Waals surface area contributed by atoms with Gasteiger partial charge in [-0.3, -0.25) is 5.21 Å². The number of nitrogens with zero attached hydrogens (tertiary/aromatic N) is 1. The van der Waals surface area contributed by atoms with Crippen LogP contribution in [0.4, 0.5) is 19.3 Å². The first kappa shape index (κ1) is 18.7. The molecule has 25 heavy (non-hydrogen) atoms. The average molecular weight is 351 g/mol. The van der Waals surface area contributed by atoms with E-state index in [9.17, 15) is 18.8 Å². The first-order chi connectivity index (χ1) is 11.8. The Kier molecular flexibility index (Phi) is 5.93. The Labute approximate surface area is 144 Å². The Morgan fingerprint density at radius 1 is 1.20 bits per heavy atom. The molecule has 0 aliphatic rings. The summed E-state index contributed by atoms with van der Waals surface area (Å²) in [7, 11) is 1.08. The largest absolute Gasteiger partial charge is 0.489 e. The lowest BCUT2D eigenvalue weighted by molar-refractivity contribution is 0.139. The number of aryl methyl sites for hydroxylation is 2. The van der Waals surface area contributed by atoms with E-state index >= 15 is 0 Å². The van der Waals surface area contributed by atoms with Crippen molar-refractivity contribution in [2.45, 2.75) is 26.9 Å². The van der Waals surface area contributed by atoms with Crippen molar-refractivity contribution in [3.63, 3.8) is 0 Å². The molecule has 0 radical (unpaired) electrons. The first-order valence-corrected chi connectivity index (χ1v) is 7.51. The van der Waals surface area contributed by atoms with E-state index in [1.807, 2.05) is 26.0 Å². The van der Waals surface area contributed by atoms with Crippen LogP contribution in [0.3, 0.4) is 0 Å². The predicted octanol–water partition coefficient (Wildman–Crippen LogP) is 4.78. The monoisotopic (exact) mass is 351 g/mol. The molecule has 134 valence electrons. The highest BCUT2D eigenvalue weighted by molar-refractivity contribution is 5.86. The predicted molar refractivity (Wildman–Crippen MR) is 88.3 cm³/mol. The molecule has 2 rings (SSSR count). The maximum absolute atomic E-state index is 12.9. The van der Waals surface area contributed by atoms with Crippen molar-refractivity contribution in [1.82, 2.24) is 0 Å². The maximum atomic E-state index is 12.9. The van der Waals surface area contributed by atoms with Gasteiger partial charge in [-0.05, 0) is 31.5 Å². The van der Waals surface area contributed by atoms with Crippen LogP contribution >= 0.6 is 0 Å². The summed E-state index contributed by atoms with van der Waals surface area (Å²) < 4.78 is 36.0. The molecule has 1 amide bonds. The van der Waals surface area contributed by atoms with E-state index in [4.69, 9.17) is 4.74 Å². The molecular formula is C18H19F2NO4. The Morgan fingerprint density at radius 2 is 1.92 bits per heavy atom. The fourth-order valence-electron chi connectivity index (χ4n) is 2.34. The molecule has 0 unspecified atom stereocenters. The first-order valence-electron chi connectivity index (χ1n) is 7.51. The van der Waals surface area contributed by atoms with E-state index in [-0.39, 0.29) is 22.9 Å². The molecule has 2 aromatic carbocycles. The third-order valence-corrected chi connectivity index (χ3v) is 3.65. The Hall–Kier alpha value is -2.67. The number of halogens is 2. The van der Waals surface area contributed by atoms with Crippen LogP contribution in [-0.4, -0.2) is 18.4 Å². The summed E-state index contributed by atoms with van der Waals surface area (Å²) in [6.07, 6.45) is -3.82. The molecule has 2 aromatic rings. The smallest absolute Gasteiger partial charge is 0.438 e. The van der Waals surface area contributed by atoms with E-state index in [1.165, 1.54) is 12.1 Å². The number of rotatable bonds is 5. The number of carbonyl (C=O) groups excluding carboxylic acids is 1. The van der Waals surface area contributed by atoms with Gasteiger partial charge in [0, 0.05) is 11.1 Å². The van der Waals surface area contributed by atoms with E-state index < -0.39 is 12.5 Å². The maximum Gasteiger partial charge on any atom is 0.438 e. The number of hydrogen-bond acceptors (Lipinski definition) is 4. The summed E-state index contributed by atoms with van der Waals surface area (Å²) >= 11 is 0. The summed E-state index contributed by atoms with van der Waals surface area (Å²) in [6, 6.07) is 9.27. The highest BCUT2D eigenvalue weighted by atomic mass is 19.3. The molecule has 0 aliphatic heterocycles. The van der Waals surface area contributed by atoms with Gasteiger partial charge in [0.15, 0.2) is 0 Å². The lowest BCUT2D eigenvalue weighted by atomic mass is 10.1. The highest BCUT2D eigenvalue weighted by Gasteiger charge is 2.20. The van der Waals surface area contributed by atoms with E-state index in [2.05, 4.69) is 4.74 Å². The molecule has 1 N–H and O–H groups in total. The molecule has 0 aromatic heterocycles. The standard InChI is InChI=1S/C18H19F2NO4/c1-11-4-7-16(12(2)8-11)25-10-14-6-5-13(17(19)20)9-15(14)21(23)18(22)24-3/h4-9,17,23H,10H2,1-3H3. The van der Waals surface area contributed by atoms with Gasteiger partial charge < -0.3 is 9.47 Å². The molecule has 0 heterocycles. The van der Waals surface area contributed by atoms with E-state index in [0.29, 0.717) is 11.3 Å². The molecule has 0 aliphatic carbocycles. The van der Waals surface area contributed by atoms with E-state index in [1.54, 1.807) is 6.07 Å². The zero-order chi connectivity index (χ0) is 18.6. The molecule has 0 fully saturated rings. The lowest BCUT2D eigenvalue weighted by Gasteiger charge is -2.19. The van der Waals surface area contributed by atoms with Gasteiger partial charge >= 0.3 is 6.09 Å². The van der Waals surface area contributed by atoms with Crippen LogP contribution in [0.1, 0.15) is 28.7 Å². The topological polar surface area (TPSA) is 59.0 Å². The van der Waals surface area contributed by atoms with Crippen molar-refractivity contribution in [2.75, 3.05) is 12.2 Å². The highest BCUT2D eigenvalue weighted by Crippen LogP contribution is 2.29. The number of methoxy groups -OCH3 is 1. The number of hydroxylamine groups is 1. The average Bonchev–Trinajstić information content (AvgIpc) is 2.59. The summed E-state index contributed by atoms with van der Waals surface area (Å²) in [6.45, 7) is 3.82. The van der Waals surface area contributed by atoms with Crippen molar-refractivity contribution in [3.05, 3.63) is 58.7 Å². The van der Waals surface area contributed by atoms with Crippen LogP contribution in [0, 0.1) is 13.8 Å². The van der Waals surface area contributed by atoms with Gasteiger partial charge in [-0.15, -0.1) is 0 Å². The Balaban J connectivity index is 2.30. The number of benzene rings is 2. The second kappa shape index (κ2) is 7.94. The summed E-state index contributed by atoms with van der Waals surface area (Å²) in [5, 5.41) is 10.1. The zero-order valence-electron chi connectivity index (χ0n) is 14.1. The molecular weight excluding hydrogens is 332 g/mol. The number of hydrogen-bond donors (Lipinski definition) is 1. The van der Waals surface area contributed by atoms with Gasteiger partial charge in [0.05, 0.1) is 12.8 Å². The summed E-state index contributed by atoms with van der Waals surface area (Å²) in [5.74, 6) is 0.622. The van der Waals surface area contributed by atoms with Crippen LogP contribution in [0.25, 0.3) is 0 Å². The quantitative estimate of drug-likeness (QED) is 0.622. The number of carbonyl (C=O) groups is 1. The van der Waals surface area contributed by atoms with Gasteiger partial charge in [-0.25, -0.2) is 13.6 Å². The number of ether oxygens (including phenoxy) is 2. The molecule has 0 spiro atoms. The minimum Gasteiger partial charge on any atom is -0.489 e. The molecule has 0 bridgehead atoms. The van der Waals surface area contributed by atoms with Gasteiger partial charge in [0.1, 0.15) is 12.4 Å². The van der Waals surface area contributed by atoms with Crippen LogP contribution in [0.2, 0.25) is 0 Å². The third kappa shape index (κ3) is 4.45. The van der Waals surface area contributed by atoms with Gasteiger partial charge in [0.25, 0.3) is 6.43 Å². The molecule has 5 nitrogen and oxygen atoms in total. The minimum absolute atomic E-state index is 0.0171. The SMILES string of the molecule is COC(=O)N(O)c1cc(C(F)F)ccc1COc1ccc(C)cc1C. The molecule has 0 saturated carbocycles. The number of amides is 1. The lowest BCUT2D eigenvalue weighted by Crippen LogP contribution is -2.28. The van der Waals surface area contributed by atoms with Gasteiger partial charge in [0.2, 0.25) is 0 Å². The zero-order valence-corrected chi connectivity index (χ0v) is 14.1. The van der Waals surface area contributed by atoms with Crippen molar-refractivity contribution in [3.8, 4) is 5.75 Å². The van der Waals surface area contributed by atoms with Crippen molar-refractivity contribution in [2.24, 2.45) is 0 Å². The Bertz CT molecular complexity index is 765. The summed E-state index contributed by atoms with van der Waals surface area (Å²) in [5.41, 5.74) is 1.92. The van der Waals surface area contributed by atoms with E-state index in [0.717, 1.165) is 24.3 Å². The van der Waals surface area contributed by atoms with Crippen LogP contribution < -0.4 is 9.80 Å². The van der Waals surface area contributed by atoms with Crippen molar-refractivity contribution in [1.29, 1.82) is 0 Å². The minimum atomic E-state index is -2.74. The van der Waals surface area contributed by atoms with Crippen LogP contribution in [-0.2, 0) is 11.3 Å². The number of anilines is 1. The fraction of sp³-hybridized carbons (Fsp3) is 0.278. The van der Waals surface area contributed by atoms with Crippen LogP contribution in [0.5, 0.6) is 5.75 Å². The fourth-order valence-corrected chi connectivity index (χ4v) is 2.34. The second-order valence-corrected chi connectivity index (χ2v) is 5.53.